The molecule has 120 valence electrons. The largest absolute Gasteiger partial charge is 0.420 e. The molecule has 0 aliphatic heterocycles. The van der Waals surface area contributed by atoms with Gasteiger partial charge in [-0.2, -0.15) is 0 Å². The van der Waals surface area contributed by atoms with Crippen LogP contribution in [0.15, 0.2) is 21.3 Å². The van der Waals surface area contributed by atoms with Crippen LogP contribution in [0.4, 0.5) is 8.78 Å². The van der Waals surface area contributed by atoms with Gasteiger partial charge in [0.15, 0.2) is 11.4 Å². The highest BCUT2D eigenvalue weighted by Crippen LogP contribution is 2.49. The van der Waals surface area contributed by atoms with Gasteiger partial charge < -0.3 is 13.5 Å². The maximum Gasteiger partial charge on any atom is 0.367 e. The number of hydrogen-bond donors (Lipinski definition) is 0. The molecule has 5 nitrogen and oxygen atoms in total. The first-order valence-corrected chi connectivity index (χ1v) is 8.20. The van der Waals surface area contributed by atoms with Crippen molar-refractivity contribution in [1.29, 1.82) is 0 Å². The number of halogens is 2. The van der Waals surface area contributed by atoms with Gasteiger partial charge in [0.05, 0.1) is 13.2 Å². The highest BCUT2D eigenvalue weighted by molar-refractivity contribution is 7.62. The predicted molar refractivity (Wildman–Crippen MR) is 77.6 cm³/mol. The summed E-state index contributed by atoms with van der Waals surface area (Å²) in [7, 11) is -4.19. The van der Waals surface area contributed by atoms with Crippen LogP contribution in [-0.4, -0.2) is 13.2 Å². The number of hydrogen-bond acceptors (Lipinski definition) is 5. The fourth-order valence-corrected chi connectivity index (χ4v) is 3.81. The van der Waals surface area contributed by atoms with Crippen molar-refractivity contribution in [2.24, 2.45) is 0 Å². The average molecular weight is 332 g/mol. The van der Waals surface area contributed by atoms with Crippen molar-refractivity contribution >= 4 is 23.9 Å². The Bertz CT molecular complexity index is 805. The summed E-state index contributed by atoms with van der Waals surface area (Å²) in [4.78, 5) is 11.4. The topological polar surface area (TPSA) is 65.7 Å². The van der Waals surface area contributed by atoms with Gasteiger partial charge in [0.25, 0.3) is 0 Å². The second-order valence-corrected chi connectivity index (χ2v) is 6.44. The number of aryl methyl sites for hydroxylation is 1. The molecule has 1 heterocycles. The first-order valence-electron chi connectivity index (χ1n) is 6.66. The van der Waals surface area contributed by atoms with Gasteiger partial charge in [0.1, 0.15) is 11.1 Å². The van der Waals surface area contributed by atoms with Gasteiger partial charge in [-0.25, -0.2) is 13.6 Å². The van der Waals surface area contributed by atoms with Crippen molar-refractivity contribution in [3.63, 3.8) is 0 Å². The van der Waals surface area contributed by atoms with E-state index in [4.69, 9.17) is 13.5 Å². The third kappa shape index (κ3) is 2.84. The fourth-order valence-electron chi connectivity index (χ4n) is 2.13. The SMILES string of the molecule is CCOP(=O)(OCC)c1c(F)cc2c(C)cc(=O)oc2c1F. The number of benzene rings is 1. The van der Waals surface area contributed by atoms with E-state index >= 15 is 0 Å². The zero-order valence-electron chi connectivity index (χ0n) is 12.3. The lowest BCUT2D eigenvalue weighted by Crippen LogP contribution is -2.20. The minimum absolute atomic E-state index is 0.0635. The summed E-state index contributed by atoms with van der Waals surface area (Å²) in [5.74, 6) is -2.33. The Morgan fingerprint density at radius 3 is 2.32 bits per heavy atom. The molecule has 2 aromatic rings. The first-order chi connectivity index (χ1) is 10.3. The Kier molecular flexibility index (Phi) is 4.80. The molecule has 1 aromatic carbocycles. The molecule has 0 atom stereocenters. The van der Waals surface area contributed by atoms with Crippen LogP contribution in [-0.2, 0) is 13.6 Å². The molecule has 0 spiro atoms. The van der Waals surface area contributed by atoms with Crippen LogP contribution in [0, 0.1) is 18.6 Å². The van der Waals surface area contributed by atoms with Gasteiger partial charge in [0, 0.05) is 11.5 Å². The Balaban J connectivity index is 2.85. The van der Waals surface area contributed by atoms with E-state index < -0.39 is 35.7 Å². The zero-order chi connectivity index (χ0) is 16.5. The van der Waals surface area contributed by atoms with Gasteiger partial charge in [-0.1, -0.05) is 0 Å². The Morgan fingerprint density at radius 1 is 1.18 bits per heavy atom. The van der Waals surface area contributed by atoms with Crippen LogP contribution >= 0.6 is 7.60 Å². The van der Waals surface area contributed by atoms with Crippen molar-refractivity contribution in [2.75, 3.05) is 13.2 Å². The van der Waals surface area contributed by atoms with Crippen LogP contribution < -0.4 is 10.9 Å². The molecule has 0 saturated heterocycles. The van der Waals surface area contributed by atoms with E-state index in [1.54, 1.807) is 0 Å². The lowest BCUT2D eigenvalue weighted by molar-refractivity contribution is 0.228. The Morgan fingerprint density at radius 2 is 1.77 bits per heavy atom. The Hall–Kier alpha value is -1.56. The van der Waals surface area contributed by atoms with Crippen LogP contribution in [0.1, 0.15) is 19.4 Å². The van der Waals surface area contributed by atoms with Crippen LogP contribution in [0.25, 0.3) is 11.0 Å². The van der Waals surface area contributed by atoms with E-state index in [1.807, 2.05) is 0 Å². The second kappa shape index (κ2) is 6.28. The zero-order valence-corrected chi connectivity index (χ0v) is 13.2. The van der Waals surface area contributed by atoms with Crippen molar-refractivity contribution < 1.29 is 26.8 Å². The smallest absolute Gasteiger partial charge is 0.367 e. The molecule has 0 unspecified atom stereocenters. The minimum atomic E-state index is -4.19. The van der Waals surface area contributed by atoms with Crippen LogP contribution in [0.5, 0.6) is 0 Å². The third-order valence-electron chi connectivity index (χ3n) is 2.98. The van der Waals surface area contributed by atoms with Crippen molar-refractivity contribution in [1.82, 2.24) is 0 Å². The van der Waals surface area contributed by atoms with E-state index in [-0.39, 0.29) is 18.6 Å². The maximum absolute atomic E-state index is 14.6. The van der Waals surface area contributed by atoms with Gasteiger partial charge >= 0.3 is 13.2 Å². The van der Waals surface area contributed by atoms with E-state index in [2.05, 4.69) is 0 Å². The summed E-state index contributed by atoms with van der Waals surface area (Å²) in [5.41, 5.74) is -0.914. The highest BCUT2D eigenvalue weighted by Gasteiger charge is 2.36. The van der Waals surface area contributed by atoms with Crippen molar-refractivity contribution in [3.8, 4) is 0 Å². The van der Waals surface area contributed by atoms with Crippen molar-refractivity contribution in [3.05, 3.63) is 39.8 Å². The molecule has 1 aromatic heterocycles. The molecule has 22 heavy (non-hydrogen) atoms. The monoisotopic (exact) mass is 332 g/mol. The Labute approximate surface area is 125 Å². The van der Waals surface area contributed by atoms with E-state index in [1.165, 1.54) is 20.8 Å². The first kappa shape index (κ1) is 16.8. The molecule has 0 aliphatic carbocycles. The lowest BCUT2D eigenvalue weighted by atomic mass is 10.1. The summed E-state index contributed by atoms with van der Waals surface area (Å²) in [6, 6.07) is 2.07. The normalized spacial score (nSPS) is 12.0. The molecular weight excluding hydrogens is 317 g/mol. The summed E-state index contributed by atoms with van der Waals surface area (Å²) >= 11 is 0. The molecule has 2 rings (SSSR count). The van der Waals surface area contributed by atoms with Gasteiger partial charge in [-0.05, 0) is 32.4 Å². The molecule has 0 aliphatic rings. The molecule has 0 saturated carbocycles. The van der Waals surface area contributed by atoms with Gasteiger partial charge in [-0.3, -0.25) is 4.57 Å². The molecular formula is C14H15F2O5P. The third-order valence-corrected chi connectivity index (χ3v) is 5.14. The minimum Gasteiger partial charge on any atom is -0.420 e. The summed E-state index contributed by atoms with van der Waals surface area (Å²) in [5, 5.41) is -0.768. The molecule has 0 fully saturated rings. The predicted octanol–water partition coefficient (Wildman–Crippen LogP) is 3.27. The molecule has 8 heteroatoms. The summed E-state index contributed by atoms with van der Waals surface area (Å²) < 4.78 is 56.3. The van der Waals surface area contributed by atoms with Gasteiger partial charge in [0.2, 0.25) is 0 Å². The molecule has 0 radical (unpaired) electrons. The standard InChI is InChI=1S/C14H15F2O5P/c1-4-19-22(18,20-5-2)14-10(15)7-9-8(3)6-11(17)21-13(9)12(14)16/h6-7H,4-5H2,1-3H3. The maximum atomic E-state index is 14.6. The second-order valence-electron chi connectivity index (χ2n) is 4.48. The average Bonchev–Trinajstić information content (AvgIpc) is 2.41. The number of rotatable bonds is 5. The lowest BCUT2D eigenvalue weighted by Gasteiger charge is -2.18. The molecule has 0 N–H and O–H groups in total. The number of fused-ring (bicyclic) bond motifs is 1. The quantitative estimate of drug-likeness (QED) is 0.621. The van der Waals surface area contributed by atoms with Gasteiger partial charge in [-0.15, -0.1) is 0 Å². The van der Waals surface area contributed by atoms with E-state index in [0.29, 0.717) is 5.56 Å². The van der Waals surface area contributed by atoms with Crippen LogP contribution in [0.2, 0.25) is 0 Å². The summed E-state index contributed by atoms with van der Waals surface area (Å²) in [6.45, 7) is 4.43. The van der Waals surface area contributed by atoms with E-state index in [0.717, 1.165) is 12.1 Å². The molecule has 0 amide bonds. The van der Waals surface area contributed by atoms with E-state index in [9.17, 15) is 18.1 Å². The van der Waals surface area contributed by atoms with Crippen LogP contribution in [0.3, 0.4) is 0 Å². The summed E-state index contributed by atoms with van der Waals surface area (Å²) in [6.07, 6.45) is 0. The van der Waals surface area contributed by atoms with Crippen molar-refractivity contribution in [2.45, 2.75) is 20.8 Å². The molecule has 0 bridgehead atoms. The highest BCUT2D eigenvalue weighted by atomic mass is 31.2. The fraction of sp³-hybridized carbons (Fsp3) is 0.357.